The molecule has 1 aromatic carbocycles. The van der Waals surface area contributed by atoms with Gasteiger partial charge in [-0.05, 0) is 29.5 Å². The van der Waals surface area contributed by atoms with Crippen LogP contribution in [-0.4, -0.2) is 34.2 Å². The fourth-order valence-electron chi connectivity index (χ4n) is 2.15. The molecule has 126 valence electrons. The van der Waals surface area contributed by atoms with Crippen molar-refractivity contribution in [3.63, 3.8) is 0 Å². The number of tetrazole rings is 1. The molecule has 3 heterocycles. The van der Waals surface area contributed by atoms with Gasteiger partial charge in [0.2, 0.25) is 5.82 Å². The smallest absolute Gasteiger partial charge is 0.271 e. The lowest BCUT2D eigenvalue weighted by atomic mass is 10.2. The van der Waals surface area contributed by atoms with E-state index in [1.54, 1.807) is 36.4 Å². The molecule has 0 unspecified atom stereocenters. The molecule has 11 heteroatoms. The van der Waals surface area contributed by atoms with Crippen molar-refractivity contribution in [1.82, 2.24) is 25.8 Å². The summed E-state index contributed by atoms with van der Waals surface area (Å²) in [6, 6.07) is 11.6. The first kappa shape index (κ1) is 15.5. The lowest BCUT2D eigenvalue weighted by Gasteiger charge is -2.07. The number of H-pyrrole nitrogens is 1. The van der Waals surface area contributed by atoms with Crippen molar-refractivity contribution < 1.29 is 12.9 Å². The molecule has 0 fully saturated rings. The number of rotatable bonds is 5. The van der Waals surface area contributed by atoms with Gasteiger partial charge in [0.25, 0.3) is 10.0 Å². The van der Waals surface area contributed by atoms with E-state index in [0.717, 1.165) is 11.3 Å². The molecule has 0 bridgehead atoms. The zero-order chi connectivity index (χ0) is 17.3. The summed E-state index contributed by atoms with van der Waals surface area (Å²) >= 11 is 1.11. The average molecular weight is 374 g/mol. The summed E-state index contributed by atoms with van der Waals surface area (Å²) in [6.45, 7) is 0. The predicted molar refractivity (Wildman–Crippen MR) is 90.2 cm³/mol. The van der Waals surface area contributed by atoms with Gasteiger partial charge in [-0.3, -0.25) is 4.72 Å². The number of anilines is 1. The van der Waals surface area contributed by atoms with Crippen LogP contribution in [0.1, 0.15) is 0 Å². The molecule has 0 aliphatic rings. The van der Waals surface area contributed by atoms with E-state index in [2.05, 4.69) is 30.5 Å². The first-order chi connectivity index (χ1) is 12.1. The lowest BCUT2D eigenvalue weighted by molar-refractivity contribution is 0.422. The molecule has 2 N–H and O–H groups in total. The minimum absolute atomic E-state index is 0.176. The van der Waals surface area contributed by atoms with Crippen LogP contribution < -0.4 is 4.72 Å². The Balaban J connectivity index is 1.61. The minimum Gasteiger partial charge on any atom is -0.364 e. The summed E-state index contributed by atoms with van der Waals surface area (Å²) in [5.41, 5.74) is 1.63. The predicted octanol–water partition coefficient (Wildman–Crippen LogP) is 2.38. The largest absolute Gasteiger partial charge is 0.364 e. The second kappa shape index (κ2) is 6.11. The number of hydrogen-bond acceptors (Lipinski definition) is 8. The first-order valence-corrected chi connectivity index (χ1v) is 9.29. The Hall–Kier alpha value is -3.05. The normalized spacial score (nSPS) is 11.5. The summed E-state index contributed by atoms with van der Waals surface area (Å²) < 4.78 is 32.7. The molecule has 0 saturated heterocycles. The van der Waals surface area contributed by atoms with Gasteiger partial charge < -0.3 is 4.52 Å². The average Bonchev–Trinajstić information content (AvgIpc) is 3.35. The molecule has 25 heavy (non-hydrogen) atoms. The number of nitrogens with zero attached hydrogens (tertiary/aromatic N) is 4. The number of aromatic nitrogens is 5. The number of thiophene rings is 1. The Kier molecular flexibility index (Phi) is 3.78. The molecule has 0 saturated carbocycles. The van der Waals surface area contributed by atoms with E-state index in [-0.39, 0.29) is 4.21 Å². The maximum absolute atomic E-state index is 12.6. The Bertz CT molecular complexity index is 1090. The Morgan fingerprint density at radius 1 is 1.16 bits per heavy atom. The maximum atomic E-state index is 12.6. The molecule has 0 amide bonds. The first-order valence-electron chi connectivity index (χ1n) is 6.99. The van der Waals surface area contributed by atoms with Crippen LogP contribution in [-0.2, 0) is 10.0 Å². The van der Waals surface area contributed by atoms with Crippen molar-refractivity contribution in [2.45, 2.75) is 4.21 Å². The van der Waals surface area contributed by atoms with Gasteiger partial charge in [0, 0.05) is 17.3 Å². The summed E-state index contributed by atoms with van der Waals surface area (Å²) in [5.74, 6) is 0.380. The fourth-order valence-corrected chi connectivity index (χ4v) is 4.47. The van der Waals surface area contributed by atoms with Crippen molar-refractivity contribution in [1.29, 1.82) is 0 Å². The molecule has 9 nitrogen and oxygen atoms in total. The molecule has 0 spiro atoms. The summed E-state index contributed by atoms with van der Waals surface area (Å²) in [7, 11) is -3.72. The van der Waals surface area contributed by atoms with E-state index in [1.807, 2.05) is 0 Å². The number of nitrogens with one attached hydrogen (secondary N) is 2. The van der Waals surface area contributed by atoms with Gasteiger partial charge in [0.15, 0.2) is 0 Å². The van der Waals surface area contributed by atoms with Crippen LogP contribution in [0, 0.1) is 0 Å². The van der Waals surface area contributed by atoms with Gasteiger partial charge in [0.1, 0.15) is 16.2 Å². The van der Waals surface area contributed by atoms with Crippen LogP contribution in [0.3, 0.4) is 0 Å². The zero-order valence-corrected chi connectivity index (χ0v) is 14.1. The van der Waals surface area contributed by atoms with E-state index in [4.69, 9.17) is 4.52 Å². The highest BCUT2D eigenvalue weighted by Gasteiger charge is 2.18. The van der Waals surface area contributed by atoms with Crippen molar-refractivity contribution in [2.75, 3.05) is 4.72 Å². The molecule has 4 rings (SSSR count). The Morgan fingerprint density at radius 2 is 2.08 bits per heavy atom. The van der Waals surface area contributed by atoms with Crippen LogP contribution >= 0.6 is 11.3 Å². The molecule has 0 atom stereocenters. The molecule has 0 radical (unpaired) electrons. The monoisotopic (exact) mass is 374 g/mol. The third-order valence-electron chi connectivity index (χ3n) is 3.25. The second-order valence-electron chi connectivity index (χ2n) is 4.93. The highest BCUT2D eigenvalue weighted by molar-refractivity contribution is 7.94. The highest BCUT2D eigenvalue weighted by Crippen LogP contribution is 2.31. The van der Waals surface area contributed by atoms with E-state index >= 15 is 0 Å². The standard InChI is InChI=1S/C14H10N6O3S2/c21-25(22,13-5-4-12(24-13)11-6-7-23-17-11)18-10-3-1-2-9(8-10)14-15-19-20-16-14/h1-8,18H,(H,15,16,19,20). The van der Waals surface area contributed by atoms with Crippen LogP contribution in [0.5, 0.6) is 0 Å². The molecular weight excluding hydrogens is 364 g/mol. The van der Waals surface area contributed by atoms with Gasteiger partial charge in [-0.25, -0.2) is 8.42 Å². The maximum Gasteiger partial charge on any atom is 0.271 e. The van der Waals surface area contributed by atoms with Crippen LogP contribution in [0.25, 0.3) is 22.0 Å². The fraction of sp³-hybridized carbons (Fsp3) is 0. The van der Waals surface area contributed by atoms with E-state index in [1.165, 1.54) is 12.3 Å². The number of benzene rings is 1. The quantitative estimate of drug-likeness (QED) is 0.549. The molecular formula is C14H10N6O3S2. The highest BCUT2D eigenvalue weighted by atomic mass is 32.2. The third-order valence-corrected chi connectivity index (χ3v) is 6.24. The van der Waals surface area contributed by atoms with E-state index in [0.29, 0.717) is 27.6 Å². The molecule has 0 aliphatic carbocycles. The summed E-state index contributed by atoms with van der Waals surface area (Å²) in [4.78, 5) is 0.703. The van der Waals surface area contributed by atoms with Crippen LogP contribution in [0.2, 0.25) is 0 Å². The lowest BCUT2D eigenvalue weighted by Crippen LogP contribution is -2.11. The van der Waals surface area contributed by atoms with Gasteiger partial charge in [-0.15, -0.1) is 21.5 Å². The zero-order valence-electron chi connectivity index (χ0n) is 12.4. The van der Waals surface area contributed by atoms with Gasteiger partial charge in [0.05, 0.1) is 4.88 Å². The molecule has 4 aromatic rings. The topological polar surface area (TPSA) is 127 Å². The van der Waals surface area contributed by atoms with Crippen molar-refractivity contribution in [3.8, 4) is 22.0 Å². The van der Waals surface area contributed by atoms with Crippen molar-refractivity contribution in [3.05, 3.63) is 48.7 Å². The molecule has 0 aliphatic heterocycles. The second-order valence-corrected chi connectivity index (χ2v) is 7.92. The van der Waals surface area contributed by atoms with E-state index < -0.39 is 10.0 Å². The Morgan fingerprint density at radius 3 is 2.84 bits per heavy atom. The minimum atomic E-state index is -3.72. The Labute approximate surface area is 145 Å². The number of sulfonamides is 1. The SMILES string of the molecule is O=S(=O)(Nc1cccc(-c2nn[nH]n2)c1)c1ccc(-c2ccon2)s1. The summed E-state index contributed by atoms with van der Waals surface area (Å²) in [6.07, 6.45) is 1.44. The number of aromatic amines is 1. The molecule has 3 aromatic heterocycles. The van der Waals surface area contributed by atoms with Crippen molar-refractivity contribution in [2.24, 2.45) is 0 Å². The van der Waals surface area contributed by atoms with Gasteiger partial charge in [-0.2, -0.15) is 5.21 Å². The number of hydrogen-bond donors (Lipinski definition) is 2. The van der Waals surface area contributed by atoms with Crippen LogP contribution in [0.4, 0.5) is 5.69 Å². The van der Waals surface area contributed by atoms with Crippen molar-refractivity contribution >= 4 is 27.0 Å². The summed E-state index contributed by atoms with van der Waals surface area (Å²) in [5, 5.41) is 17.4. The van der Waals surface area contributed by atoms with Gasteiger partial charge >= 0.3 is 0 Å². The van der Waals surface area contributed by atoms with E-state index in [9.17, 15) is 8.42 Å². The van der Waals surface area contributed by atoms with Crippen LogP contribution in [0.15, 0.2) is 57.5 Å². The third kappa shape index (κ3) is 3.14. The van der Waals surface area contributed by atoms with Gasteiger partial charge in [-0.1, -0.05) is 17.3 Å².